The summed E-state index contributed by atoms with van der Waals surface area (Å²) in [7, 11) is 0. The van der Waals surface area contributed by atoms with Gasteiger partial charge in [-0.2, -0.15) is 0 Å². The number of carbonyl (C=O) groups excluding carboxylic acids is 1. The van der Waals surface area contributed by atoms with Crippen molar-refractivity contribution in [2.24, 2.45) is 11.8 Å². The highest BCUT2D eigenvalue weighted by atomic mass is 16.5. The van der Waals surface area contributed by atoms with Crippen LogP contribution in [0.3, 0.4) is 0 Å². The third kappa shape index (κ3) is 5.57. The molecule has 0 spiro atoms. The van der Waals surface area contributed by atoms with Gasteiger partial charge in [0, 0.05) is 25.6 Å². The molecule has 1 aromatic carbocycles. The molecule has 2 fully saturated rings. The number of hydrogen-bond acceptors (Lipinski definition) is 4. The van der Waals surface area contributed by atoms with Gasteiger partial charge in [0.1, 0.15) is 11.9 Å². The van der Waals surface area contributed by atoms with E-state index in [0.717, 1.165) is 50.3 Å². The van der Waals surface area contributed by atoms with Crippen LogP contribution in [0.25, 0.3) is 0 Å². The molecule has 5 heteroatoms. The molecule has 3 aliphatic rings. The van der Waals surface area contributed by atoms with E-state index in [9.17, 15) is 4.79 Å². The molecule has 2 unspecified atom stereocenters. The molecule has 2 atom stereocenters. The van der Waals surface area contributed by atoms with Crippen molar-refractivity contribution >= 4 is 5.91 Å². The van der Waals surface area contributed by atoms with Gasteiger partial charge in [-0.15, -0.1) is 0 Å². The summed E-state index contributed by atoms with van der Waals surface area (Å²) in [6.07, 6.45) is 10.9. The molecule has 0 radical (unpaired) electrons. The maximum absolute atomic E-state index is 12.9. The molecular formula is C28H37N3O2. The van der Waals surface area contributed by atoms with E-state index in [1.54, 1.807) is 0 Å². The first-order chi connectivity index (χ1) is 16.1. The van der Waals surface area contributed by atoms with E-state index < -0.39 is 0 Å². The Hall–Kier alpha value is -2.40. The van der Waals surface area contributed by atoms with E-state index in [0.29, 0.717) is 24.4 Å². The fourth-order valence-electron chi connectivity index (χ4n) is 5.98. The first kappa shape index (κ1) is 22.4. The largest absolute Gasteiger partial charge is 0.490 e. The summed E-state index contributed by atoms with van der Waals surface area (Å²) in [6.45, 7) is 5.22. The maximum atomic E-state index is 12.9. The minimum absolute atomic E-state index is 0.0147. The summed E-state index contributed by atoms with van der Waals surface area (Å²) in [6, 6.07) is 12.7. The monoisotopic (exact) mass is 447 g/mol. The van der Waals surface area contributed by atoms with Gasteiger partial charge in [-0.05, 0) is 86.9 Å². The van der Waals surface area contributed by atoms with Crippen LogP contribution in [-0.2, 0) is 17.8 Å². The SMILES string of the molecule is CC1Cc2cc(CN3CCC(C(NC(=O)CC4CCCC4)c4ccccn4)CC3)ccc2O1. The molecule has 1 aromatic heterocycles. The molecule has 1 N–H and O–H groups in total. The number of fused-ring (bicyclic) bond motifs is 1. The first-order valence-corrected chi connectivity index (χ1v) is 12.8. The van der Waals surface area contributed by atoms with Crippen molar-refractivity contribution in [3.63, 3.8) is 0 Å². The highest BCUT2D eigenvalue weighted by molar-refractivity contribution is 5.76. The minimum Gasteiger partial charge on any atom is -0.490 e. The number of ether oxygens (including phenoxy) is 1. The predicted octanol–water partition coefficient (Wildman–Crippen LogP) is 5.05. The molecule has 176 valence electrons. The van der Waals surface area contributed by atoms with Crippen LogP contribution in [0.5, 0.6) is 5.75 Å². The standard InChI is InChI=1S/C28H37N3O2/c1-20-16-24-17-22(9-10-26(24)33-20)19-31-14-11-23(12-15-31)28(25-8-4-5-13-29-25)30-27(32)18-21-6-2-3-7-21/h4-5,8-10,13,17,20-21,23,28H,2-3,6-7,11-12,14-16,18-19H2,1H3,(H,30,32). The van der Waals surface area contributed by atoms with Crippen LogP contribution < -0.4 is 10.1 Å². The smallest absolute Gasteiger partial charge is 0.220 e. The zero-order valence-corrected chi connectivity index (χ0v) is 19.8. The van der Waals surface area contributed by atoms with Crippen LogP contribution in [0, 0.1) is 11.8 Å². The molecular weight excluding hydrogens is 410 g/mol. The maximum Gasteiger partial charge on any atom is 0.220 e. The van der Waals surface area contributed by atoms with Crippen molar-refractivity contribution in [2.75, 3.05) is 13.1 Å². The first-order valence-electron chi connectivity index (χ1n) is 12.8. The highest BCUT2D eigenvalue weighted by Gasteiger charge is 2.31. The van der Waals surface area contributed by atoms with Gasteiger partial charge >= 0.3 is 0 Å². The molecule has 1 saturated carbocycles. The molecule has 1 amide bonds. The summed E-state index contributed by atoms with van der Waals surface area (Å²) < 4.78 is 5.85. The molecule has 5 rings (SSSR count). The van der Waals surface area contributed by atoms with Crippen LogP contribution >= 0.6 is 0 Å². The van der Waals surface area contributed by atoms with Crippen molar-refractivity contribution < 1.29 is 9.53 Å². The van der Waals surface area contributed by atoms with Crippen molar-refractivity contribution in [1.82, 2.24) is 15.2 Å². The lowest BCUT2D eigenvalue weighted by Gasteiger charge is -2.36. The molecule has 1 saturated heterocycles. The fraction of sp³-hybridized carbons (Fsp3) is 0.571. The van der Waals surface area contributed by atoms with Crippen molar-refractivity contribution in [2.45, 2.75) is 77.0 Å². The lowest BCUT2D eigenvalue weighted by atomic mass is 9.86. The molecule has 1 aliphatic carbocycles. The van der Waals surface area contributed by atoms with Crippen LogP contribution in [-0.4, -0.2) is 35.0 Å². The Morgan fingerprint density at radius 2 is 1.97 bits per heavy atom. The Morgan fingerprint density at radius 1 is 1.15 bits per heavy atom. The van der Waals surface area contributed by atoms with Crippen LogP contribution in [0.1, 0.15) is 74.7 Å². The van der Waals surface area contributed by atoms with Gasteiger partial charge in [0.15, 0.2) is 0 Å². The summed E-state index contributed by atoms with van der Waals surface area (Å²) >= 11 is 0. The quantitative estimate of drug-likeness (QED) is 0.645. The fourth-order valence-corrected chi connectivity index (χ4v) is 5.98. The third-order valence-corrected chi connectivity index (χ3v) is 7.74. The summed E-state index contributed by atoms with van der Waals surface area (Å²) in [4.78, 5) is 20.1. The Bertz CT molecular complexity index is 933. The van der Waals surface area contributed by atoms with E-state index in [4.69, 9.17) is 4.74 Å². The number of rotatable bonds is 7. The number of aromatic nitrogens is 1. The number of carbonyl (C=O) groups is 1. The predicted molar refractivity (Wildman–Crippen MR) is 130 cm³/mol. The lowest BCUT2D eigenvalue weighted by molar-refractivity contribution is -0.123. The minimum atomic E-state index is 0.0147. The summed E-state index contributed by atoms with van der Waals surface area (Å²) in [5.41, 5.74) is 3.72. The molecule has 0 bridgehead atoms. The van der Waals surface area contributed by atoms with Gasteiger partial charge in [-0.1, -0.05) is 31.0 Å². The molecule has 33 heavy (non-hydrogen) atoms. The second kappa shape index (κ2) is 10.3. The number of likely N-dealkylation sites (tertiary alicyclic amines) is 1. The van der Waals surface area contributed by atoms with Crippen molar-refractivity contribution in [3.8, 4) is 5.75 Å². The molecule has 3 heterocycles. The normalized spacial score (nSPS) is 22.6. The summed E-state index contributed by atoms with van der Waals surface area (Å²) in [5.74, 6) is 2.25. The van der Waals surface area contributed by atoms with Gasteiger partial charge in [-0.25, -0.2) is 0 Å². The molecule has 2 aromatic rings. The van der Waals surface area contributed by atoms with Crippen LogP contribution in [0.4, 0.5) is 0 Å². The average molecular weight is 448 g/mol. The third-order valence-electron chi connectivity index (χ3n) is 7.74. The van der Waals surface area contributed by atoms with Crippen LogP contribution in [0.15, 0.2) is 42.6 Å². The van der Waals surface area contributed by atoms with Gasteiger partial charge < -0.3 is 10.1 Å². The highest BCUT2D eigenvalue weighted by Crippen LogP contribution is 2.33. The Kier molecular flexibility index (Phi) is 6.96. The topological polar surface area (TPSA) is 54.5 Å². The van der Waals surface area contributed by atoms with E-state index >= 15 is 0 Å². The van der Waals surface area contributed by atoms with Gasteiger partial charge in [0.05, 0.1) is 11.7 Å². The number of nitrogens with zero attached hydrogens (tertiary/aromatic N) is 2. The van der Waals surface area contributed by atoms with E-state index in [1.807, 2.05) is 18.3 Å². The Balaban J connectivity index is 1.19. The zero-order chi connectivity index (χ0) is 22.6. The van der Waals surface area contributed by atoms with Gasteiger partial charge in [0.25, 0.3) is 0 Å². The Morgan fingerprint density at radius 3 is 2.73 bits per heavy atom. The van der Waals surface area contributed by atoms with Crippen molar-refractivity contribution in [3.05, 3.63) is 59.4 Å². The number of benzene rings is 1. The number of nitrogens with one attached hydrogen (secondary N) is 1. The Labute approximate surface area is 197 Å². The van der Waals surface area contributed by atoms with E-state index in [1.165, 1.54) is 36.8 Å². The van der Waals surface area contributed by atoms with Gasteiger partial charge in [0.2, 0.25) is 5.91 Å². The zero-order valence-electron chi connectivity index (χ0n) is 19.8. The number of pyridine rings is 1. The van der Waals surface area contributed by atoms with Crippen molar-refractivity contribution in [1.29, 1.82) is 0 Å². The molecule has 5 nitrogen and oxygen atoms in total. The van der Waals surface area contributed by atoms with E-state index in [-0.39, 0.29) is 11.9 Å². The van der Waals surface area contributed by atoms with Crippen LogP contribution in [0.2, 0.25) is 0 Å². The average Bonchev–Trinajstić information content (AvgIpc) is 3.47. The number of piperidine rings is 1. The number of hydrogen-bond donors (Lipinski definition) is 1. The van der Waals surface area contributed by atoms with Gasteiger partial charge in [-0.3, -0.25) is 14.7 Å². The second-order valence-electron chi connectivity index (χ2n) is 10.3. The molecule has 2 aliphatic heterocycles. The van der Waals surface area contributed by atoms with E-state index in [2.05, 4.69) is 46.4 Å². The number of amides is 1. The second-order valence-corrected chi connectivity index (χ2v) is 10.3. The lowest BCUT2D eigenvalue weighted by Crippen LogP contribution is -2.41. The summed E-state index contributed by atoms with van der Waals surface area (Å²) in [5, 5.41) is 3.39.